The first-order valence-corrected chi connectivity index (χ1v) is 5.37. The highest BCUT2D eigenvalue weighted by atomic mass is 16.5. The first-order chi connectivity index (χ1) is 8.54. The summed E-state index contributed by atoms with van der Waals surface area (Å²) in [5, 5.41) is 11.6. The van der Waals surface area contributed by atoms with Crippen molar-refractivity contribution >= 4 is 18.0 Å². The van der Waals surface area contributed by atoms with Gasteiger partial charge in [0.15, 0.2) is 0 Å². The van der Waals surface area contributed by atoms with E-state index in [-0.39, 0.29) is 11.5 Å². The van der Waals surface area contributed by atoms with Crippen LogP contribution >= 0.6 is 0 Å². The molecule has 0 aromatic heterocycles. The van der Waals surface area contributed by atoms with Crippen LogP contribution in [0.25, 0.3) is 6.08 Å². The average molecular weight is 249 g/mol. The Morgan fingerprint density at radius 3 is 2.72 bits per heavy atom. The third-order valence-electron chi connectivity index (χ3n) is 2.23. The molecule has 5 nitrogen and oxygen atoms in total. The van der Waals surface area contributed by atoms with Crippen molar-refractivity contribution in [1.29, 1.82) is 0 Å². The Kier molecular flexibility index (Phi) is 4.92. The van der Waals surface area contributed by atoms with Gasteiger partial charge in [0, 0.05) is 13.5 Å². The van der Waals surface area contributed by atoms with E-state index in [1.807, 2.05) is 0 Å². The first kappa shape index (κ1) is 13.8. The molecule has 0 saturated heterocycles. The van der Waals surface area contributed by atoms with Gasteiger partial charge in [-0.2, -0.15) is 0 Å². The van der Waals surface area contributed by atoms with Crippen LogP contribution in [0.2, 0.25) is 0 Å². The van der Waals surface area contributed by atoms with E-state index in [9.17, 15) is 9.59 Å². The normalized spacial score (nSPS) is 10.3. The van der Waals surface area contributed by atoms with Gasteiger partial charge >= 0.3 is 5.97 Å². The van der Waals surface area contributed by atoms with E-state index in [1.165, 1.54) is 20.1 Å². The number of hydrogen-bond donors (Lipinski definition) is 2. The molecule has 0 spiro atoms. The maximum atomic E-state index is 11.0. The summed E-state index contributed by atoms with van der Waals surface area (Å²) in [5.41, 5.74) is 0.845. The summed E-state index contributed by atoms with van der Waals surface area (Å²) in [5.74, 6) is -0.828. The van der Waals surface area contributed by atoms with Gasteiger partial charge in [-0.25, -0.2) is 4.79 Å². The molecular formula is C13H15NO4. The van der Waals surface area contributed by atoms with E-state index < -0.39 is 5.97 Å². The van der Waals surface area contributed by atoms with E-state index in [0.717, 1.165) is 5.56 Å². The Morgan fingerprint density at radius 1 is 1.44 bits per heavy atom. The second-order valence-corrected chi connectivity index (χ2v) is 3.60. The number of carbonyl (C=O) groups is 2. The molecule has 0 saturated carbocycles. The molecular weight excluding hydrogens is 234 g/mol. The molecule has 5 heteroatoms. The monoisotopic (exact) mass is 249 g/mol. The minimum Gasteiger partial charge on any atom is -0.496 e. The average Bonchev–Trinajstić information content (AvgIpc) is 2.34. The molecule has 0 heterocycles. The Morgan fingerprint density at radius 2 is 2.17 bits per heavy atom. The smallest absolute Gasteiger partial charge is 0.339 e. The van der Waals surface area contributed by atoms with Crippen molar-refractivity contribution in [1.82, 2.24) is 5.32 Å². The molecule has 0 fully saturated rings. The predicted octanol–water partition coefficient (Wildman–Crippen LogP) is 1.54. The molecule has 0 aliphatic heterocycles. The Labute approximate surface area is 105 Å². The quantitative estimate of drug-likeness (QED) is 0.830. The van der Waals surface area contributed by atoms with Crippen LogP contribution in [0.4, 0.5) is 0 Å². The summed E-state index contributed by atoms with van der Waals surface area (Å²) in [6.45, 7) is 1.84. The molecule has 0 unspecified atom stereocenters. The lowest BCUT2D eigenvalue weighted by Gasteiger charge is -2.05. The summed E-state index contributed by atoms with van der Waals surface area (Å²) < 4.78 is 4.96. The SMILES string of the molecule is COc1ccc(C=CCNC(C)=O)cc1C(=O)O. The van der Waals surface area contributed by atoms with Crippen molar-refractivity contribution in [2.75, 3.05) is 13.7 Å². The van der Waals surface area contributed by atoms with E-state index >= 15 is 0 Å². The van der Waals surface area contributed by atoms with Crippen LogP contribution in [-0.4, -0.2) is 30.6 Å². The van der Waals surface area contributed by atoms with Crippen LogP contribution in [-0.2, 0) is 4.79 Å². The van der Waals surface area contributed by atoms with Crippen molar-refractivity contribution in [3.8, 4) is 5.75 Å². The van der Waals surface area contributed by atoms with Crippen molar-refractivity contribution < 1.29 is 19.4 Å². The standard InChI is InChI=1S/C13H15NO4/c1-9(15)14-7-3-4-10-5-6-12(18-2)11(8-10)13(16)17/h3-6,8H,7H2,1-2H3,(H,14,15)(H,16,17). The summed E-state index contributed by atoms with van der Waals surface area (Å²) in [7, 11) is 1.42. The van der Waals surface area contributed by atoms with Crippen molar-refractivity contribution in [2.24, 2.45) is 0 Å². The van der Waals surface area contributed by atoms with Gasteiger partial charge in [0.1, 0.15) is 11.3 Å². The molecule has 1 amide bonds. The fraction of sp³-hybridized carbons (Fsp3) is 0.231. The zero-order chi connectivity index (χ0) is 13.5. The van der Waals surface area contributed by atoms with Gasteiger partial charge in [-0.1, -0.05) is 18.2 Å². The first-order valence-electron chi connectivity index (χ1n) is 5.37. The van der Waals surface area contributed by atoms with Crippen LogP contribution < -0.4 is 10.1 Å². The van der Waals surface area contributed by atoms with E-state index in [4.69, 9.17) is 9.84 Å². The largest absolute Gasteiger partial charge is 0.496 e. The number of carboxylic acids is 1. The lowest BCUT2D eigenvalue weighted by Crippen LogP contribution is -2.19. The number of hydrogen-bond acceptors (Lipinski definition) is 3. The lowest BCUT2D eigenvalue weighted by molar-refractivity contribution is -0.118. The number of rotatable bonds is 5. The highest BCUT2D eigenvalue weighted by Crippen LogP contribution is 2.20. The number of nitrogens with one attached hydrogen (secondary N) is 1. The maximum Gasteiger partial charge on any atom is 0.339 e. The molecule has 96 valence electrons. The number of aromatic carboxylic acids is 1. The molecule has 0 atom stereocenters. The molecule has 1 aromatic rings. The summed E-state index contributed by atoms with van der Waals surface area (Å²) >= 11 is 0. The van der Waals surface area contributed by atoms with Crippen LogP contribution in [0, 0.1) is 0 Å². The molecule has 0 aliphatic rings. The molecule has 0 radical (unpaired) electrons. The highest BCUT2D eigenvalue weighted by molar-refractivity contribution is 5.91. The van der Waals surface area contributed by atoms with Gasteiger partial charge in [0.2, 0.25) is 5.91 Å². The second-order valence-electron chi connectivity index (χ2n) is 3.60. The molecule has 2 N–H and O–H groups in total. The van der Waals surface area contributed by atoms with Gasteiger partial charge < -0.3 is 15.2 Å². The van der Waals surface area contributed by atoms with Crippen LogP contribution in [0.3, 0.4) is 0 Å². The topological polar surface area (TPSA) is 75.6 Å². The summed E-state index contributed by atoms with van der Waals surface area (Å²) in [6, 6.07) is 4.86. The third kappa shape index (κ3) is 3.93. The number of ether oxygens (including phenoxy) is 1. The van der Waals surface area contributed by atoms with E-state index in [0.29, 0.717) is 12.3 Å². The molecule has 1 aromatic carbocycles. The van der Waals surface area contributed by atoms with Gasteiger partial charge in [0.05, 0.1) is 7.11 Å². The summed E-state index contributed by atoms with van der Waals surface area (Å²) in [6.07, 6.45) is 3.48. The van der Waals surface area contributed by atoms with Crippen LogP contribution in [0.1, 0.15) is 22.8 Å². The lowest BCUT2D eigenvalue weighted by atomic mass is 10.1. The second kappa shape index (κ2) is 6.44. The third-order valence-corrected chi connectivity index (χ3v) is 2.23. The van der Waals surface area contributed by atoms with Crippen molar-refractivity contribution in [2.45, 2.75) is 6.92 Å². The molecule has 0 aliphatic carbocycles. The fourth-order valence-electron chi connectivity index (χ4n) is 1.39. The predicted molar refractivity (Wildman–Crippen MR) is 67.7 cm³/mol. The highest BCUT2D eigenvalue weighted by Gasteiger charge is 2.10. The summed E-state index contributed by atoms with van der Waals surface area (Å²) in [4.78, 5) is 21.6. The minimum absolute atomic E-state index is 0.110. The number of methoxy groups -OCH3 is 1. The molecule has 18 heavy (non-hydrogen) atoms. The zero-order valence-electron chi connectivity index (χ0n) is 10.3. The van der Waals surface area contributed by atoms with Crippen LogP contribution in [0.5, 0.6) is 5.75 Å². The molecule has 0 bridgehead atoms. The van der Waals surface area contributed by atoms with Crippen molar-refractivity contribution in [3.05, 3.63) is 35.4 Å². The molecule has 1 rings (SSSR count). The Balaban J connectivity index is 2.82. The fourth-order valence-corrected chi connectivity index (χ4v) is 1.39. The number of carboxylic acid groups (broad SMARTS) is 1. The van der Waals surface area contributed by atoms with E-state index in [1.54, 1.807) is 24.3 Å². The van der Waals surface area contributed by atoms with Gasteiger partial charge in [0.25, 0.3) is 0 Å². The number of amides is 1. The van der Waals surface area contributed by atoms with Gasteiger partial charge in [-0.05, 0) is 17.7 Å². The Bertz CT molecular complexity index is 480. The number of carbonyl (C=O) groups excluding carboxylic acids is 1. The Hall–Kier alpha value is -2.30. The zero-order valence-corrected chi connectivity index (χ0v) is 10.3. The number of benzene rings is 1. The van der Waals surface area contributed by atoms with Gasteiger partial charge in [-0.3, -0.25) is 4.79 Å². The maximum absolute atomic E-state index is 11.0. The van der Waals surface area contributed by atoms with E-state index in [2.05, 4.69) is 5.32 Å². The van der Waals surface area contributed by atoms with Gasteiger partial charge in [-0.15, -0.1) is 0 Å². The van der Waals surface area contributed by atoms with Crippen LogP contribution in [0.15, 0.2) is 24.3 Å². The minimum atomic E-state index is -1.04. The van der Waals surface area contributed by atoms with Crippen molar-refractivity contribution in [3.63, 3.8) is 0 Å².